The second kappa shape index (κ2) is 6.50. The maximum atomic E-state index is 12.2. The smallest absolute Gasteiger partial charge is 0.276 e. The Morgan fingerprint density at radius 1 is 1.24 bits per heavy atom. The highest BCUT2D eigenvalue weighted by molar-refractivity contribution is 5.85. The van der Waals surface area contributed by atoms with E-state index in [-0.39, 0.29) is 23.9 Å². The number of aromatic nitrogens is 4. The number of halogens is 1. The fraction of sp³-hybridized carbons (Fsp3) is 0.353. The Balaban J connectivity index is 0.00000182. The molecule has 1 aliphatic rings. The topological polar surface area (TPSA) is 103 Å². The monoisotopic (exact) mass is 361 g/mol. The predicted octanol–water partition coefficient (Wildman–Crippen LogP) is 2.67. The molecular weight excluding hydrogens is 342 g/mol. The van der Waals surface area contributed by atoms with Gasteiger partial charge in [-0.25, -0.2) is 4.68 Å². The van der Waals surface area contributed by atoms with Gasteiger partial charge in [0.2, 0.25) is 0 Å². The van der Waals surface area contributed by atoms with Crippen LogP contribution in [-0.2, 0) is 5.54 Å². The van der Waals surface area contributed by atoms with Gasteiger partial charge in [0.15, 0.2) is 5.82 Å². The lowest BCUT2D eigenvalue weighted by Crippen LogP contribution is -2.34. The highest BCUT2D eigenvalue weighted by Crippen LogP contribution is 2.35. The number of aryl methyl sites for hydroxylation is 1. The van der Waals surface area contributed by atoms with Gasteiger partial charge >= 0.3 is 0 Å². The van der Waals surface area contributed by atoms with Crippen LogP contribution in [0.3, 0.4) is 0 Å². The lowest BCUT2D eigenvalue weighted by atomic mass is 9.99. The molecule has 0 spiro atoms. The molecular formula is C17H20ClN5O2. The van der Waals surface area contributed by atoms with E-state index in [0.717, 1.165) is 36.9 Å². The van der Waals surface area contributed by atoms with Crippen LogP contribution < -0.4 is 11.3 Å². The molecule has 4 rings (SSSR count). The van der Waals surface area contributed by atoms with E-state index in [4.69, 9.17) is 10.3 Å². The molecule has 3 aromatic rings. The van der Waals surface area contributed by atoms with Crippen molar-refractivity contribution in [2.75, 3.05) is 0 Å². The number of hydrogen-bond donors (Lipinski definition) is 2. The summed E-state index contributed by atoms with van der Waals surface area (Å²) in [5, 5.41) is 7.04. The number of nitrogens with zero attached hydrogens (tertiary/aromatic N) is 3. The normalized spacial score (nSPS) is 15.9. The van der Waals surface area contributed by atoms with Gasteiger partial charge < -0.3 is 10.3 Å². The van der Waals surface area contributed by atoms with Gasteiger partial charge in [-0.2, -0.15) is 4.98 Å². The van der Waals surface area contributed by atoms with Crippen LogP contribution in [0.15, 0.2) is 39.6 Å². The van der Waals surface area contributed by atoms with Crippen LogP contribution >= 0.6 is 12.4 Å². The summed E-state index contributed by atoms with van der Waals surface area (Å²) in [5.41, 5.74) is 8.02. The van der Waals surface area contributed by atoms with E-state index in [1.54, 1.807) is 0 Å². The Morgan fingerprint density at radius 3 is 2.60 bits per heavy atom. The number of H-pyrrole nitrogens is 1. The molecule has 0 unspecified atom stereocenters. The fourth-order valence-corrected chi connectivity index (χ4v) is 3.16. The van der Waals surface area contributed by atoms with E-state index in [9.17, 15) is 4.79 Å². The molecule has 25 heavy (non-hydrogen) atoms. The van der Waals surface area contributed by atoms with Crippen molar-refractivity contribution < 1.29 is 4.52 Å². The third-order valence-electron chi connectivity index (χ3n) is 4.61. The molecule has 132 valence electrons. The van der Waals surface area contributed by atoms with Crippen LogP contribution in [0.4, 0.5) is 0 Å². The average molecular weight is 362 g/mol. The number of rotatable bonds is 3. The standard InChI is InChI=1S/C17H19N5O2.ClH/c1-11-4-6-12(7-5-11)22-14(23)10-13(20-22)15-19-16(21-24-15)17(18)8-2-3-9-17;/h4-7,10,20H,2-3,8-9,18H2,1H3;1H. The van der Waals surface area contributed by atoms with Crippen LogP contribution in [0, 0.1) is 6.92 Å². The first-order valence-electron chi connectivity index (χ1n) is 8.08. The van der Waals surface area contributed by atoms with E-state index >= 15 is 0 Å². The minimum atomic E-state index is -0.512. The molecule has 2 heterocycles. The number of benzene rings is 1. The lowest BCUT2D eigenvalue weighted by Gasteiger charge is -2.17. The van der Waals surface area contributed by atoms with Crippen molar-refractivity contribution in [1.29, 1.82) is 0 Å². The second-order valence-corrected chi connectivity index (χ2v) is 6.47. The number of nitrogens with two attached hydrogens (primary N) is 1. The molecule has 1 saturated carbocycles. The van der Waals surface area contributed by atoms with Crippen molar-refractivity contribution in [2.45, 2.75) is 38.1 Å². The molecule has 0 saturated heterocycles. The molecule has 2 aromatic heterocycles. The molecule has 7 nitrogen and oxygen atoms in total. The summed E-state index contributed by atoms with van der Waals surface area (Å²) in [4.78, 5) is 16.7. The van der Waals surface area contributed by atoms with E-state index in [2.05, 4.69) is 15.2 Å². The van der Waals surface area contributed by atoms with Crippen LogP contribution in [-0.4, -0.2) is 19.9 Å². The summed E-state index contributed by atoms with van der Waals surface area (Å²) < 4.78 is 6.78. The predicted molar refractivity (Wildman–Crippen MR) is 96.0 cm³/mol. The fourth-order valence-electron chi connectivity index (χ4n) is 3.16. The third kappa shape index (κ3) is 3.12. The van der Waals surface area contributed by atoms with Crippen LogP contribution in [0.2, 0.25) is 0 Å². The first-order valence-corrected chi connectivity index (χ1v) is 8.08. The molecule has 8 heteroatoms. The molecule has 1 aromatic carbocycles. The molecule has 1 aliphatic carbocycles. The number of aromatic amines is 1. The Kier molecular flexibility index (Phi) is 4.53. The van der Waals surface area contributed by atoms with Gasteiger partial charge in [-0.3, -0.25) is 9.89 Å². The summed E-state index contributed by atoms with van der Waals surface area (Å²) in [5.74, 6) is 0.795. The molecule has 0 aliphatic heterocycles. The van der Waals surface area contributed by atoms with Gasteiger partial charge in [-0.1, -0.05) is 35.7 Å². The van der Waals surface area contributed by atoms with Crippen molar-refractivity contribution in [3.05, 3.63) is 52.1 Å². The second-order valence-electron chi connectivity index (χ2n) is 6.47. The van der Waals surface area contributed by atoms with Gasteiger partial charge in [-0.05, 0) is 31.9 Å². The van der Waals surface area contributed by atoms with E-state index in [1.165, 1.54) is 10.7 Å². The highest BCUT2D eigenvalue weighted by atomic mass is 35.5. The average Bonchev–Trinajstić information content (AvgIpc) is 3.28. The van der Waals surface area contributed by atoms with Gasteiger partial charge in [0.25, 0.3) is 11.4 Å². The summed E-state index contributed by atoms with van der Waals surface area (Å²) >= 11 is 0. The van der Waals surface area contributed by atoms with Crippen molar-refractivity contribution in [3.8, 4) is 17.3 Å². The summed E-state index contributed by atoms with van der Waals surface area (Å²) in [6, 6.07) is 9.11. The zero-order chi connectivity index (χ0) is 16.7. The first kappa shape index (κ1) is 17.4. The van der Waals surface area contributed by atoms with E-state index in [1.807, 2.05) is 31.2 Å². The maximum absolute atomic E-state index is 12.2. The Bertz CT molecular complexity index is 919. The SMILES string of the molecule is Cc1ccc(-n2[nH]c(-c3nc(C4(N)CCCC4)no3)cc2=O)cc1.Cl. The highest BCUT2D eigenvalue weighted by Gasteiger charge is 2.36. The van der Waals surface area contributed by atoms with Gasteiger partial charge in [0.05, 0.1) is 11.2 Å². The van der Waals surface area contributed by atoms with Crippen LogP contribution in [0.1, 0.15) is 37.1 Å². The lowest BCUT2D eigenvalue weighted by molar-refractivity contribution is 0.372. The van der Waals surface area contributed by atoms with Gasteiger partial charge in [-0.15, -0.1) is 12.4 Å². The molecule has 0 bridgehead atoms. The zero-order valence-corrected chi connectivity index (χ0v) is 14.7. The number of nitrogens with one attached hydrogen (secondary N) is 1. The summed E-state index contributed by atoms with van der Waals surface area (Å²) in [7, 11) is 0. The quantitative estimate of drug-likeness (QED) is 0.746. The van der Waals surface area contributed by atoms with Crippen LogP contribution in [0.5, 0.6) is 0 Å². The Hall–Kier alpha value is -2.38. The molecule has 1 fully saturated rings. The minimum absolute atomic E-state index is 0. The zero-order valence-electron chi connectivity index (χ0n) is 13.9. The minimum Gasteiger partial charge on any atom is -0.332 e. The van der Waals surface area contributed by atoms with Crippen LogP contribution in [0.25, 0.3) is 17.3 Å². The van der Waals surface area contributed by atoms with E-state index < -0.39 is 5.54 Å². The third-order valence-corrected chi connectivity index (χ3v) is 4.61. The van der Waals surface area contributed by atoms with Crippen molar-refractivity contribution in [2.24, 2.45) is 5.73 Å². The molecule has 0 radical (unpaired) electrons. The Morgan fingerprint density at radius 2 is 1.92 bits per heavy atom. The van der Waals surface area contributed by atoms with E-state index in [0.29, 0.717) is 11.5 Å². The number of hydrogen-bond acceptors (Lipinski definition) is 5. The molecule has 3 N–H and O–H groups in total. The van der Waals surface area contributed by atoms with Crippen molar-refractivity contribution in [3.63, 3.8) is 0 Å². The van der Waals surface area contributed by atoms with Gasteiger partial charge in [0, 0.05) is 6.07 Å². The molecule has 0 atom stereocenters. The summed E-state index contributed by atoms with van der Waals surface area (Å²) in [6.45, 7) is 2.00. The maximum Gasteiger partial charge on any atom is 0.276 e. The first-order chi connectivity index (χ1) is 11.5. The molecule has 0 amide bonds. The van der Waals surface area contributed by atoms with Crippen molar-refractivity contribution in [1.82, 2.24) is 19.9 Å². The summed E-state index contributed by atoms with van der Waals surface area (Å²) in [6.07, 6.45) is 3.85. The van der Waals surface area contributed by atoms with Gasteiger partial charge in [0.1, 0.15) is 5.69 Å². The largest absolute Gasteiger partial charge is 0.332 e. The van der Waals surface area contributed by atoms with Crippen molar-refractivity contribution >= 4 is 12.4 Å². The Labute approximate surface area is 150 Å².